The smallest absolute Gasteiger partial charge is 0.272 e. The van der Waals surface area contributed by atoms with Crippen molar-refractivity contribution < 1.29 is 4.79 Å². The van der Waals surface area contributed by atoms with Crippen molar-refractivity contribution >= 4 is 50.8 Å². The van der Waals surface area contributed by atoms with Gasteiger partial charge in [0.15, 0.2) is 0 Å². The number of nitrogens with one attached hydrogen (secondary N) is 2. The Morgan fingerprint density at radius 3 is 2.80 bits per heavy atom. The van der Waals surface area contributed by atoms with Gasteiger partial charge in [-0.2, -0.15) is 0 Å². The molecule has 4 N–H and O–H groups in total. The lowest BCUT2D eigenvalue weighted by atomic mass is 10.2. The van der Waals surface area contributed by atoms with E-state index >= 15 is 0 Å². The first-order chi connectivity index (χ1) is 9.61. The van der Waals surface area contributed by atoms with Gasteiger partial charge in [-0.15, -0.1) is 0 Å². The Balaban J connectivity index is 1.88. The van der Waals surface area contributed by atoms with Gasteiger partial charge in [0, 0.05) is 25.8 Å². The largest absolute Gasteiger partial charge is 0.399 e. The number of nitrogen functional groups attached to an aromatic ring is 1. The Bertz CT molecular complexity index is 795. The van der Waals surface area contributed by atoms with Gasteiger partial charge in [0.1, 0.15) is 5.69 Å². The Labute approximate surface area is 129 Å². The van der Waals surface area contributed by atoms with E-state index in [-0.39, 0.29) is 5.91 Å². The molecule has 5 heteroatoms. The van der Waals surface area contributed by atoms with Crippen molar-refractivity contribution in [3.8, 4) is 0 Å². The normalized spacial score (nSPS) is 10.7. The first-order valence-corrected chi connectivity index (χ1v) is 7.15. The minimum absolute atomic E-state index is 0.165. The van der Waals surface area contributed by atoms with Crippen molar-refractivity contribution in [2.24, 2.45) is 0 Å². The van der Waals surface area contributed by atoms with Gasteiger partial charge >= 0.3 is 0 Å². The SMILES string of the molecule is Nc1ccc2[nH]c(C(=O)Nc3cccc(I)c3)cc2c1. The molecule has 0 saturated heterocycles. The molecule has 0 atom stereocenters. The van der Waals surface area contributed by atoms with Crippen molar-refractivity contribution in [2.45, 2.75) is 0 Å². The van der Waals surface area contributed by atoms with E-state index in [9.17, 15) is 4.79 Å². The van der Waals surface area contributed by atoms with Crippen LogP contribution in [0.1, 0.15) is 10.5 Å². The van der Waals surface area contributed by atoms with Gasteiger partial charge in [-0.25, -0.2) is 0 Å². The number of benzene rings is 2. The fourth-order valence-electron chi connectivity index (χ4n) is 2.04. The summed E-state index contributed by atoms with van der Waals surface area (Å²) in [4.78, 5) is 15.3. The summed E-state index contributed by atoms with van der Waals surface area (Å²) in [7, 11) is 0. The number of aromatic amines is 1. The summed E-state index contributed by atoms with van der Waals surface area (Å²) in [6.07, 6.45) is 0. The Kier molecular flexibility index (Phi) is 3.35. The van der Waals surface area contributed by atoms with E-state index < -0.39 is 0 Å². The molecule has 1 aromatic heterocycles. The van der Waals surface area contributed by atoms with Crippen molar-refractivity contribution in [1.82, 2.24) is 4.98 Å². The Morgan fingerprint density at radius 1 is 1.15 bits per heavy atom. The highest BCUT2D eigenvalue weighted by Crippen LogP contribution is 2.19. The summed E-state index contributed by atoms with van der Waals surface area (Å²) in [6.45, 7) is 0. The highest BCUT2D eigenvalue weighted by Gasteiger charge is 2.10. The predicted octanol–water partition coefficient (Wildman–Crippen LogP) is 3.61. The van der Waals surface area contributed by atoms with E-state index in [0.29, 0.717) is 11.4 Å². The van der Waals surface area contributed by atoms with Gasteiger partial charge in [0.05, 0.1) is 0 Å². The maximum Gasteiger partial charge on any atom is 0.272 e. The molecular weight excluding hydrogens is 365 g/mol. The number of aromatic nitrogens is 1. The van der Waals surface area contributed by atoms with Gasteiger partial charge in [-0.1, -0.05) is 6.07 Å². The van der Waals surface area contributed by atoms with Gasteiger partial charge in [-0.05, 0) is 65.1 Å². The minimum atomic E-state index is -0.165. The summed E-state index contributed by atoms with van der Waals surface area (Å²) in [5.74, 6) is -0.165. The molecule has 3 aromatic rings. The second-order valence-electron chi connectivity index (χ2n) is 4.49. The number of hydrogen-bond donors (Lipinski definition) is 3. The van der Waals surface area contributed by atoms with Crippen LogP contribution in [-0.4, -0.2) is 10.9 Å². The number of anilines is 2. The lowest BCUT2D eigenvalue weighted by molar-refractivity contribution is 0.102. The molecule has 0 saturated carbocycles. The van der Waals surface area contributed by atoms with Crippen LogP contribution in [0.3, 0.4) is 0 Å². The van der Waals surface area contributed by atoms with Crippen LogP contribution in [0.15, 0.2) is 48.5 Å². The molecule has 4 nitrogen and oxygen atoms in total. The maximum atomic E-state index is 12.2. The lowest BCUT2D eigenvalue weighted by Crippen LogP contribution is -2.12. The number of hydrogen-bond acceptors (Lipinski definition) is 2. The van der Waals surface area contributed by atoms with Gasteiger partial charge in [0.2, 0.25) is 0 Å². The Hall–Kier alpha value is -2.02. The van der Waals surface area contributed by atoms with E-state index in [1.807, 2.05) is 36.4 Å². The third-order valence-electron chi connectivity index (χ3n) is 2.97. The van der Waals surface area contributed by atoms with Crippen LogP contribution in [0.25, 0.3) is 10.9 Å². The summed E-state index contributed by atoms with van der Waals surface area (Å²) < 4.78 is 1.07. The second kappa shape index (κ2) is 5.16. The topological polar surface area (TPSA) is 70.9 Å². The molecule has 1 amide bonds. The van der Waals surface area contributed by atoms with Crippen LogP contribution >= 0.6 is 22.6 Å². The average Bonchev–Trinajstić information content (AvgIpc) is 2.81. The van der Waals surface area contributed by atoms with E-state index in [0.717, 1.165) is 20.2 Å². The van der Waals surface area contributed by atoms with Crippen LogP contribution in [0, 0.1) is 3.57 Å². The first-order valence-electron chi connectivity index (χ1n) is 6.07. The summed E-state index contributed by atoms with van der Waals surface area (Å²) >= 11 is 2.21. The van der Waals surface area contributed by atoms with Crippen molar-refractivity contribution in [1.29, 1.82) is 0 Å². The molecule has 3 rings (SSSR count). The molecule has 2 aromatic carbocycles. The van der Waals surface area contributed by atoms with Crippen LogP contribution in [0.2, 0.25) is 0 Å². The van der Waals surface area contributed by atoms with Gasteiger partial charge < -0.3 is 16.0 Å². The van der Waals surface area contributed by atoms with Crippen LogP contribution in [0.5, 0.6) is 0 Å². The molecule has 100 valence electrons. The molecule has 20 heavy (non-hydrogen) atoms. The van der Waals surface area contributed by atoms with E-state index in [1.54, 1.807) is 12.1 Å². The first kappa shape index (κ1) is 13.0. The number of nitrogens with two attached hydrogens (primary N) is 1. The number of fused-ring (bicyclic) bond motifs is 1. The number of carbonyl (C=O) groups excluding carboxylic acids is 1. The van der Waals surface area contributed by atoms with Crippen LogP contribution < -0.4 is 11.1 Å². The predicted molar refractivity (Wildman–Crippen MR) is 89.8 cm³/mol. The zero-order chi connectivity index (χ0) is 14.1. The standard InChI is InChI=1S/C15H12IN3O/c16-10-2-1-3-12(8-10)18-15(20)14-7-9-6-11(17)4-5-13(9)19-14/h1-8,19H,17H2,(H,18,20). The number of H-pyrrole nitrogens is 1. The molecular formula is C15H12IN3O. The highest BCUT2D eigenvalue weighted by molar-refractivity contribution is 14.1. The molecule has 1 heterocycles. The van der Waals surface area contributed by atoms with Crippen LogP contribution in [-0.2, 0) is 0 Å². The highest BCUT2D eigenvalue weighted by atomic mass is 127. The Morgan fingerprint density at radius 2 is 2.00 bits per heavy atom. The van der Waals surface area contributed by atoms with Crippen molar-refractivity contribution in [3.05, 3.63) is 57.8 Å². The summed E-state index contributed by atoms with van der Waals surface area (Å²) in [6, 6.07) is 15.0. The molecule has 0 aliphatic rings. The third kappa shape index (κ3) is 2.62. The summed E-state index contributed by atoms with van der Waals surface area (Å²) in [5.41, 5.74) is 8.61. The lowest BCUT2D eigenvalue weighted by Gasteiger charge is -2.03. The number of halogens is 1. The molecule has 0 bridgehead atoms. The average molecular weight is 377 g/mol. The zero-order valence-corrected chi connectivity index (χ0v) is 12.6. The molecule has 0 aliphatic heterocycles. The maximum absolute atomic E-state index is 12.2. The quantitative estimate of drug-likeness (QED) is 0.472. The van der Waals surface area contributed by atoms with Gasteiger partial charge in [0.25, 0.3) is 5.91 Å². The molecule has 0 spiro atoms. The fraction of sp³-hybridized carbons (Fsp3) is 0. The summed E-state index contributed by atoms with van der Waals surface area (Å²) in [5, 5.41) is 3.80. The monoisotopic (exact) mass is 377 g/mol. The van der Waals surface area contributed by atoms with Crippen LogP contribution in [0.4, 0.5) is 11.4 Å². The van der Waals surface area contributed by atoms with Crippen molar-refractivity contribution in [2.75, 3.05) is 11.1 Å². The van der Waals surface area contributed by atoms with Crippen molar-refractivity contribution in [3.63, 3.8) is 0 Å². The number of carbonyl (C=O) groups is 1. The second-order valence-corrected chi connectivity index (χ2v) is 5.74. The number of amides is 1. The molecule has 0 unspecified atom stereocenters. The van der Waals surface area contributed by atoms with E-state index in [4.69, 9.17) is 5.73 Å². The third-order valence-corrected chi connectivity index (χ3v) is 3.64. The molecule has 0 aliphatic carbocycles. The zero-order valence-electron chi connectivity index (χ0n) is 10.5. The molecule has 0 radical (unpaired) electrons. The van der Waals surface area contributed by atoms with Gasteiger partial charge in [-0.3, -0.25) is 4.79 Å². The molecule has 0 fully saturated rings. The number of rotatable bonds is 2. The minimum Gasteiger partial charge on any atom is -0.399 e. The van der Waals surface area contributed by atoms with E-state index in [2.05, 4.69) is 32.9 Å². The van der Waals surface area contributed by atoms with E-state index in [1.165, 1.54) is 0 Å². The fourth-order valence-corrected chi connectivity index (χ4v) is 2.58.